The van der Waals surface area contributed by atoms with Crippen molar-refractivity contribution in [2.24, 2.45) is 0 Å². The van der Waals surface area contributed by atoms with E-state index in [1.165, 1.54) is 7.11 Å². The van der Waals surface area contributed by atoms with Gasteiger partial charge < -0.3 is 9.53 Å². The van der Waals surface area contributed by atoms with Crippen molar-refractivity contribution in [2.45, 2.75) is 12.8 Å². The molecule has 1 aromatic rings. The molecular weight excluding hydrogens is 190 g/mol. The van der Waals surface area contributed by atoms with Gasteiger partial charge in [0.25, 0.3) is 0 Å². The first-order valence-electron chi connectivity index (χ1n) is 4.14. The summed E-state index contributed by atoms with van der Waals surface area (Å²) in [5.41, 5.74) is -0.0714. The van der Waals surface area contributed by atoms with Crippen LogP contribution in [0, 0.1) is 11.6 Å². The molecule has 0 heterocycles. The second-order valence-electron chi connectivity index (χ2n) is 2.77. The maximum Gasteiger partial charge on any atom is 0.133 e. The van der Waals surface area contributed by atoms with Crippen molar-refractivity contribution in [3.05, 3.63) is 29.3 Å². The standard InChI is InChI=1S/C10H10F2O2/c1-14-7-5-9(11)8(3-2-4-13)10(12)6-7/h4-6H,2-3H2,1H3. The van der Waals surface area contributed by atoms with Gasteiger partial charge in [-0.3, -0.25) is 0 Å². The van der Waals surface area contributed by atoms with Gasteiger partial charge in [0.05, 0.1) is 7.11 Å². The molecule has 0 spiro atoms. The molecule has 0 aromatic heterocycles. The largest absolute Gasteiger partial charge is 0.497 e. The zero-order valence-electron chi connectivity index (χ0n) is 7.72. The van der Waals surface area contributed by atoms with Crippen LogP contribution < -0.4 is 4.74 Å². The molecule has 0 aliphatic heterocycles. The van der Waals surface area contributed by atoms with Gasteiger partial charge in [0.15, 0.2) is 0 Å². The molecule has 0 radical (unpaired) electrons. The van der Waals surface area contributed by atoms with Gasteiger partial charge in [0.2, 0.25) is 0 Å². The first-order chi connectivity index (χ1) is 6.69. The van der Waals surface area contributed by atoms with E-state index in [-0.39, 0.29) is 24.2 Å². The predicted molar refractivity (Wildman–Crippen MR) is 47.3 cm³/mol. The summed E-state index contributed by atoms with van der Waals surface area (Å²) in [6.07, 6.45) is 0.814. The molecule has 0 aliphatic rings. The lowest BCUT2D eigenvalue weighted by Crippen LogP contribution is -1.98. The van der Waals surface area contributed by atoms with Crippen LogP contribution in [0.4, 0.5) is 8.78 Å². The van der Waals surface area contributed by atoms with E-state index in [0.29, 0.717) is 6.29 Å². The zero-order valence-corrected chi connectivity index (χ0v) is 7.72. The number of aldehydes is 1. The molecule has 0 aliphatic carbocycles. The average molecular weight is 200 g/mol. The molecule has 1 aromatic carbocycles. The Bertz CT molecular complexity index is 314. The minimum atomic E-state index is -0.677. The second-order valence-corrected chi connectivity index (χ2v) is 2.77. The lowest BCUT2D eigenvalue weighted by atomic mass is 10.1. The Morgan fingerprint density at radius 3 is 2.36 bits per heavy atom. The van der Waals surface area contributed by atoms with Gasteiger partial charge >= 0.3 is 0 Å². The van der Waals surface area contributed by atoms with Crippen LogP contribution in [0.3, 0.4) is 0 Å². The smallest absolute Gasteiger partial charge is 0.133 e. The summed E-state index contributed by atoms with van der Waals surface area (Å²) in [5.74, 6) is -1.22. The minimum Gasteiger partial charge on any atom is -0.497 e. The monoisotopic (exact) mass is 200 g/mol. The summed E-state index contributed by atoms with van der Waals surface area (Å²) < 4.78 is 31.1. The topological polar surface area (TPSA) is 26.3 Å². The van der Waals surface area contributed by atoms with E-state index in [4.69, 9.17) is 0 Å². The van der Waals surface area contributed by atoms with E-state index in [9.17, 15) is 13.6 Å². The Balaban J connectivity index is 2.98. The lowest BCUT2D eigenvalue weighted by Gasteiger charge is -2.05. The van der Waals surface area contributed by atoms with Crippen molar-refractivity contribution in [2.75, 3.05) is 7.11 Å². The third kappa shape index (κ3) is 2.28. The van der Waals surface area contributed by atoms with Crippen LogP contribution in [0.15, 0.2) is 12.1 Å². The fourth-order valence-electron chi connectivity index (χ4n) is 1.14. The summed E-state index contributed by atoms with van der Waals surface area (Å²) in [6, 6.07) is 2.20. The number of methoxy groups -OCH3 is 1. The van der Waals surface area contributed by atoms with Gasteiger partial charge in [-0.1, -0.05) is 0 Å². The Morgan fingerprint density at radius 1 is 1.36 bits per heavy atom. The van der Waals surface area contributed by atoms with Gasteiger partial charge in [-0.2, -0.15) is 0 Å². The highest BCUT2D eigenvalue weighted by Crippen LogP contribution is 2.21. The highest BCUT2D eigenvalue weighted by molar-refractivity contribution is 5.50. The minimum absolute atomic E-state index is 0.0714. The Labute approximate surface area is 80.5 Å². The van der Waals surface area contributed by atoms with Crippen molar-refractivity contribution >= 4 is 6.29 Å². The highest BCUT2D eigenvalue weighted by Gasteiger charge is 2.10. The van der Waals surface area contributed by atoms with Crippen molar-refractivity contribution in [3.63, 3.8) is 0 Å². The summed E-state index contributed by atoms with van der Waals surface area (Å²) in [7, 11) is 1.33. The van der Waals surface area contributed by atoms with Crippen molar-refractivity contribution < 1.29 is 18.3 Å². The van der Waals surface area contributed by atoms with Gasteiger partial charge in [-0.25, -0.2) is 8.78 Å². The van der Waals surface area contributed by atoms with Gasteiger partial charge in [-0.05, 0) is 6.42 Å². The first-order valence-corrected chi connectivity index (χ1v) is 4.14. The van der Waals surface area contributed by atoms with Crippen LogP contribution in [0.5, 0.6) is 5.75 Å². The van der Waals surface area contributed by atoms with Crippen LogP contribution in [-0.2, 0) is 11.2 Å². The number of halogens is 2. The molecule has 0 atom stereocenters. The van der Waals surface area contributed by atoms with Gasteiger partial charge in [-0.15, -0.1) is 0 Å². The number of hydrogen-bond acceptors (Lipinski definition) is 2. The summed E-state index contributed by atoms with van der Waals surface area (Å²) in [5, 5.41) is 0. The number of rotatable bonds is 4. The van der Waals surface area contributed by atoms with E-state index in [0.717, 1.165) is 12.1 Å². The Morgan fingerprint density at radius 2 is 1.93 bits per heavy atom. The fourth-order valence-corrected chi connectivity index (χ4v) is 1.14. The van der Waals surface area contributed by atoms with E-state index < -0.39 is 11.6 Å². The van der Waals surface area contributed by atoms with E-state index in [1.807, 2.05) is 0 Å². The van der Waals surface area contributed by atoms with Gasteiger partial charge in [0, 0.05) is 24.1 Å². The molecule has 0 N–H and O–H groups in total. The second kappa shape index (κ2) is 4.69. The maximum absolute atomic E-state index is 13.2. The van der Waals surface area contributed by atoms with Crippen molar-refractivity contribution in [3.8, 4) is 5.75 Å². The van der Waals surface area contributed by atoms with E-state index >= 15 is 0 Å². The molecular formula is C10H10F2O2. The maximum atomic E-state index is 13.2. The highest BCUT2D eigenvalue weighted by atomic mass is 19.1. The normalized spacial score (nSPS) is 9.93. The molecule has 4 heteroatoms. The molecule has 0 unspecified atom stereocenters. The third-order valence-corrected chi connectivity index (χ3v) is 1.86. The van der Waals surface area contributed by atoms with E-state index in [1.54, 1.807) is 0 Å². The van der Waals surface area contributed by atoms with Crippen molar-refractivity contribution in [1.29, 1.82) is 0 Å². The number of ether oxygens (including phenoxy) is 1. The fraction of sp³-hybridized carbons (Fsp3) is 0.300. The molecule has 0 fully saturated rings. The third-order valence-electron chi connectivity index (χ3n) is 1.86. The molecule has 0 saturated heterocycles. The van der Waals surface area contributed by atoms with Crippen molar-refractivity contribution in [1.82, 2.24) is 0 Å². The number of benzene rings is 1. The van der Waals surface area contributed by atoms with Crippen LogP contribution in [-0.4, -0.2) is 13.4 Å². The molecule has 14 heavy (non-hydrogen) atoms. The Kier molecular flexibility index (Phi) is 3.56. The first kappa shape index (κ1) is 10.6. The predicted octanol–water partition coefficient (Wildman–Crippen LogP) is 2.10. The molecule has 76 valence electrons. The molecule has 0 bridgehead atoms. The number of carbonyl (C=O) groups excluding carboxylic acids is 1. The zero-order chi connectivity index (χ0) is 10.6. The molecule has 2 nitrogen and oxygen atoms in total. The SMILES string of the molecule is COc1cc(F)c(CCC=O)c(F)c1. The number of carbonyl (C=O) groups is 1. The van der Waals surface area contributed by atoms with Gasteiger partial charge in [0.1, 0.15) is 23.7 Å². The quantitative estimate of drug-likeness (QED) is 0.696. The Hall–Kier alpha value is -1.45. The molecule has 0 saturated carbocycles. The van der Waals surface area contributed by atoms with Crippen LogP contribution in [0.1, 0.15) is 12.0 Å². The van der Waals surface area contributed by atoms with Crippen LogP contribution in [0.2, 0.25) is 0 Å². The molecule has 0 amide bonds. The summed E-state index contributed by atoms with van der Waals surface area (Å²) >= 11 is 0. The van der Waals surface area contributed by atoms with Crippen LogP contribution in [0.25, 0.3) is 0 Å². The summed E-state index contributed by atoms with van der Waals surface area (Å²) in [4.78, 5) is 10.1. The van der Waals surface area contributed by atoms with Crippen LogP contribution >= 0.6 is 0 Å². The van der Waals surface area contributed by atoms with E-state index in [2.05, 4.69) is 4.74 Å². The number of hydrogen-bond donors (Lipinski definition) is 0. The molecule has 1 rings (SSSR count). The lowest BCUT2D eigenvalue weighted by molar-refractivity contribution is -0.107. The summed E-state index contributed by atoms with van der Waals surface area (Å²) in [6.45, 7) is 0. The average Bonchev–Trinajstić information content (AvgIpc) is 2.16.